The predicted octanol–water partition coefficient (Wildman–Crippen LogP) is 0.929. The molecule has 110 valence electrons. The number of aliphatic hydroxyl groups excluding tert-OH is 1. The molecule has 0 aromatic rings. The van der Waals surface area contributed by atoms with E-state index in [1.807, 2.05) is 12.2 Å². The van der Waals surface area contributed by atoms with E-state index >= 15 is 0 Å². The predicted molar refractivity (Wildman–Crippen MR) is 71.8 cm³/mol. The summed E-state index contributed by atoms with van der Waals surface area (Å²) in [5, 5.41) is 22.2. The van der Waals surface area contributed by atoms with Gasteiger partial charge in [0.15, 0.2) is 0 Å². The number of hydrogen-bond donors (Lipinski definition) is 3. The minimum absolute atomic E-state index is 0.00970. The summed E-state index contributed by atoms with van der Waals surface area (Å²) in [6.45, 7) is 0. The Kier molecular flexibility index (Phi) is 3.54. The molecule has 4 unspecified atom stereocenters. The molecule has 1 amide bonds. The zero-order valence-corrected chi connectivity index (χ0v) is 11.4. The van der Waals surface area contributed by atoms with Crippen LogP contribution in [0.15, 0.2) is 12.2 Å². The van der Waals surface area contributed by atoms with Gasteiger partial charge in [0.05, 0.1) is 24.0 Å². The van der Waals surface area contributed by atoms with Gasteiger partial charge in [-0.15, -0.1) is 0 Å². The number of amides is 1. The van der Waals surface area contributed by atoms with E-state index in [1.54, 1.807) is 0 Å². The van der Waals surface area contributed by atoms with Crippen molar-refractivity contribution in [2.24, 2.45) is 23.7 Å². The molecule has 3 aliphatic rings. The van der Waals surface area contributed by atoms with Crippen molar-refractivity contribution in [2.45, 2.75) is 44.2 Å². The number of allylic oxidation sites excluding steroid dienone is 2. The lowest BCUT2D eigenvalue weighted by Crippen LogP contribution is -2.49. The highest BCUT2D eigenvalue weighted by molar-refractivity contribution is 5.87. The second-order valence-electron chi connectivity index (χ2n) is 6.31. The first kappa shape index (κ1) is 13.6. The molecule has 0 spiro atoms. The third-order valence-electron chi connectivity index (χ3n) is 5.10. The molecular formula is C15H21NO4. The number of hydrogen-bond acceptors (Lipinski definition) is 3. The first-order valence-corrected chi connectivity index (χ1v) is 7.47. The third kappa shape index (κ3) is 2.24. The van der Waals surface area contributed by atoms with Gasteiger partial charge in [0.2, 0.25) is 5.91 Å². The van der Waals surface area contributed by atoms with Crippen LogP contribution in [-0.2, 0) is 9.59 Å². The molecule has 2 bridgehead atoms. The summed E-state index contributed by atoms with van der Waals surface area (Å²) in [7, 11) is 0. The number of aliphatic hydroxyl groups is 1. The van der Waals surface area contributed by atoms with E-state index in [-0.39, 0.29) is 23.8 Å². The summed E-state index contributed by atoms with van der Waals surface area (Å²) >= 11 is 0. The standard InChI is InChI=1S/C15H21NO4/c17-11-4-2-1-3-10(11)16-14(18)12-8-5-6-9(7-8)13(12)15(19)20/h5-6,8-13,17H,1-4,7H2,(H,16,18)(H,19,20)/t8?,9?,10-,11-,12?,13?/m0/s1. The molecule has 2 saturated carbocycles. The largest absolute Gasteiger partial charge is 0.481 e. The van der Waals surface area contributed by atoms with Gasteiger partial charge in [-0.1, -0.05) is 25.0 Å². The van der Waals surface area contributed by atoms with E-state index in [1.165, 1.54) is 0 Å². The molecular weight excluding hydrogens is 258 g/mol. The molecule has 5 heteroatoms. The molecule has 20 heavy (non-hydrogen) atoms. The lowest BCUT2D eigenvalue weighted by molar-refractivity contribution is -0.148. The first-order valence-electron chi connectivity index (χ1n) is 7.47. The van der Waals surface area contributed by atoms with Crippen LogP contribution in [0.2, 0.25) is 0 Å². The fourth-order valence-corrected chi connectivity index (χ4v) is 4.07. The minimum Gasteiger partial charge on any atom is -0.481 e. The van der Waals surface area contributed by atoms with E-state index in [4.69, 9.17) is 0 Å². The number of rotatable bonds is 3. The van der Waals surface area contributed by atoms with Crippen LogP contribution in [0.25, 0.3) is 0 Å². The van der Waals surface area contributed by atoms with Gasteiger partial charge in [-0.05, 0) is 31.1 Å². The molecule has 0 radical (unpaired) electrons. The second kappa shape index (κ2) is 5.20. The highest BCUT2D eigenvalue weighted by Crippen LogP contribution is 2.48. The first-order chi connectivity index (χ1) is 9.58. The summed E-state index contributed by atoms with van der Waals surface area (Å²) in [5.74, 6) is -2.12. The second-order valence-corrected chi connectivity index (χ2v) is 6.31. The van der Waals surface area contributed by atoms with Crippen LogP contribution in [0.1, 0.15) is 32.1 Å². The SMILES string of the molecule is O=C(O)C1C2C=CC(C2)C1C(=O)N[C@H]1CCCC[C@@H]1O. The van der Waals surface area contributed by atoms with E-state index < -0.39 is 23.9 Å². The van der Waals surface area contributed by atoms with Gasteiger partial charge < -0.3 is 15.5 Å². The Bertz CT molecular complexity index is 447. The Balaban J connectivity index is 1.70. The van der Waals surface area contributed by atoms with Gasteiger partial charge in [-0.2, -0.15) is 0 Å². The molecule has 5 nitrogen and oxygen atoms in total. The van der Waals surface area contributed by atoms with Crippen molar-refractivity contribution >= 4 is 11.9 Å². The van der Waals surface area contributed by atoms with Crippen LogP contribution in [0.5, 0.6) is 0 Å². The quantitative estimate of drug-likeness (QED) is 0.671. The van der Waals surface area contributed by atoms with Crippen LogP contribution >= 0.6 is 0 Å². The zero-order chi connectivity index (χ0) is 14.3. The van der Waals surface area contributed by atoms with Crippen molar-refractivity contribution in [3.63, 3.8) is 0 Å². The Morgan fingerprint density at radius 1 is 1.05 bits per heavy atom. The zero-order valence-electron chi connectivity index (χ0n) is 11.4. The average Bonchev–Trinajstić information content (AvgIpc) is 3.01. The van der Waals surface area contributed by atoms with Gasteiger partial charge in [0.25, 0.3) is 0 Å². The maximum atomic E-state index is 12.4. The number of carbonyl (C=O) groups excluding carboxylic acids is 1. The number of carboxylic acids is 1. The van der Waals surface area contributed by atoms with Gasteiger partial charge in [0, 0.05) is 0 Å². The summed E-state index contributed by atoms with van der Waals surface area (Å²) in [6.07, 6.45) is 7.66. The summed E-state index contributed by atoms with van der Waals surface area (Å²) in [6, 6.07) is -0.214. The number of carbonyl (C=O) groups is 2. The van der Waals surface area contributed by atoms with Crippen LogP contribution < -0.4 is 5.32 Å². The lowest BCUT2D eigenvalue weighted by Gasteiger charge is -2.31. The van der Waals surface area contributed by atoms with Crippen LogP contribution in [-0.4, -0.2) is 34.2 Å². The monoisotopic (exact) mass is 279 g/mol. The molecule has 3 aliphatic carbocycles. The smallest absolute Gasteiger partial charge is 0.307 e. The van der Waals surface area contributed by atoms with E-state index in [0.29, 0.717) is 6.42 Å². The highest BCUT2D eigenvalue weighted by Gasteiger charge is 2.52. The minimum atomic E-state index is -0.883. The fourth-order valence-electron chi connectivity index (χ4n) is 4.07. The third-order valence-corrected chi connectivity index (χ3v) is 5.10. The maximum Gasteiger partial charge on any atom is 0.307 e. The van der Waals surface area contributed by atoms with Crippen molar-refractivity contribution in [1.29, 1.82) is 0 Å². The Labute approximate surface area is 118 Å². The van der Waals surface area contributed by atoms with Gasteiger partial charge in [-0.3, -0.25) is 9.59 Å². The maximum absolute atomic E-state index is 12.4. The average molecular weight is 279 g/mol. The highest BCUT2D eigenvalue weighted by atomic mass is 16.4. The number of carboxylic acid groups (broad SMARTS) is 1. The molecule has 3 rings (SSSR count). The Morgan fingerprint density at radius 2 is 1.70 bits per heavy atom. The molecule has 3 N–H and O–H groups in total. The lowest BCUT2D eigenvalue weighted by atomic mass is 9.82. The van der Waals surface area contributed by atoms with Crippen molar-refractivity contribution in [1.82, 2.24) is 5.32 Å². The molecule has 0 aromatic carbocycles. The number of aliphatic carboxylic acids is 1. The summed E-state index contributed by atoms with van der Waals surface area (Å²) in [5.41, 5.74) is 0. The van der Waals surface area contributed by atoms with E-state index in [0.717, 1.165) is 25.7 Å². The molecule has 0 aliphatic heterocycles. The topological polar surface area (TPSA) is 86.6 Å². The van der Waals surface area contributed by atoms with Gasteiger partial charge in [-0.25, -0.2) is 0 Å². The summed E-state index contributed by atoms with van der Waals surface area (Å²) in [4.78, 5) is 23.8. The van der Waals surface area contributed by atoms with Crippen molar-refractivity contribution < 1.29 is 19.8 Å². The normalized spacial score (nSPS) is 42.6. The van der Waals surface area contributed by atoms with E-state index in [9.17, 15) is 19.8 Å². The van der Waals surface area contributed by atoms with Gasteiger partial charge >= 0.3 is 5.97 Å². The number of fused-ring (bicyclic) bond motifs is 2. The molecule has 0 saturated heterocycles. The molecule has 2 fully saturated rings. The Morgan fingerprint density at radius 3 is 2.35 bits per heavy atom. The van der Waals surface area contributed by atoms with Crippen molar-refractivity contribution in [3.8, 4) is 0 Å². The fraction of sp³-hybridized carbons (Fsp3) is 0.733. The van der Waals surface area contributed by atoms with Crippen LogP contribution in [0.4, 0.5) is 0 Å². The van der Waals surface area contributed by atoms with Crippen LogP contribution in [0, 0.1) is 23.7 Å². The van der Waals surface area contributed by atoms with Crippen molar-refractivity contribution in [2.75, 3.05) is 0 Å². The molecule has 0 aromatic heterocycles. The van der Waals surface area contributed by atoms with E-state index in [2.05, 4.69) is 5.32 Å². The van der Waals surface area contributed by atoms with Gasteiger partial charge in [0.1, 0.15) is 0 Å². The number of nitrogens with one attached hydrogen (secondary N) is 1. The Hall–Kier alpha value is -1.36. The van der Waals surface area contributed by atoms with Crippen LogP contribution in [0.3, 0.4) is 0 Å². The summed E-state index contributed by atoms with van der Waals surface area (Å²) < 4.78 is 0. The molecule has 0 heterocycles. The molecule has 6 atom stereocenters. The van der Waals surface area contributed by atoms with Crippen molar-refractivity contribution in [3.05, 3.63) is 12.2 Å².